The molecule has 0 radical (unpaired) electrons. The first-order valence-electron chi connectivity index (χ1n) is 5.02. The molecule has 0 bridgehead atoms. The van der Waals surface area contributed by atoms with Crippen LogP contribution in [0, 0.1) is 10.1 Å². The SMILES string of the molecule is Br.O=C(c1ccccc1)c1ccc([N+](=O)[O-])cc1.[H-].[H-].[Mg+2]. The standard InChI is InChI=1S/C13H9NO3.BrH.Mg.2H/c15-13(10-4-2-1-3-5-10)11-6-8-12(9-7-11)14(16)17;;;;/h1-9H;1H;;;/q;;+2;2*-1. The van der Waals surface area contributed by atoms with Crippen LogP contribution in [0.2, 0.25) is 0 Å². The number of nitro groups is 1. The van der Waals surface area contributed by atoms with Gasteiger partial charge in [0.15, 0.2) is 5.78 Å². The third-order valence-corrected chi connectivity index (χ3v) is 2.38. The third kappa shape index (κ3) is 4.41. The summed E-state index contributed by atoms with van der Waals surface area (Å²) in [6, 6.07) is 14.4. The van der Waals surface area contributed by atoms with E-state index in [1.807, 2.05) is 6.07 Å². The molecule has 4 nitrogen and oxygen atoms in total. The topological polar surface area (TPSA) is 60.2 Å². The number of halogens is 1. The van der Waals surface area contributed by atoms with Crippen molar-refractivity contribution < 1.29 is 12.6 Å². The summed E-state index contributed by atoms with van der Waals surface area (Å²) in [7, 11) is 0. The molecular weight excluding hydrogens is 322 g/mol. The Morgan fingerprint density at radius 1 is 0.947 bits per heavy atom. The molecule has 0 atom stereocenters. The van der Waals surface area contributed by atoms with Gasteiger partial charge in [-0.25, -0.2) is 0 Å². The monoisotopic (exact) mass is 333 g/mol. The molecule has 2 rings (SSSR count). The Morgan fingerprint density at radius 3 is 1.89 bits per heavy atom. The van der Waals surface area contributed by atoms with Crippen molar-refractivity contribution in [1.29, 1.82) is 0 Å². The van der Waals surface area contributed by atoms with Crippen LogP contribution >= 0.6 is 17.0 Å². The van der Waals surface area contributed by atoms with Gasteiger partial charge in [-0.05, 0) is 12.1 Å². The number of non-ortho nitro benzene ring substituents is 1. The molecule has 0 N–H and O–H groups in total. The molecule has 19 heavy (non-hydrogen) atoms. The summed E-state index contributed by atoms with van der Waals surface area (Å²) in [5.74, 6) is -0.138. The molecule has 0 heterocycles. The summed E-state index contributed by atoms with van der Waals surface area (Å²) in [4.78, 5) is 21.9. The zero-order chi connectivity index (χ0) is 12.3. The van der Waals surface area contributed by atoms with Gasteiger partial charge in [-0.1, -0.05) is 30.3 Å². The van der Waals surface area contributed by atoms with Crippen molar-refractivity contribution in [1.82, 2.24) is 0 Å². The van der Waals surface area contributed by atoms with Crippen molar-refractivity contribution in [2.75, 3.05) is 0 Å². The van der Waals surface area contributed by atoms with Crippen molar-refractivity contribution in [2.24, 2.45) is 0 Å². The number of benzene rings is 2. The van der Waals surface area contributed by atoms with Gasteiger partial charge in [0.25, 0.3) is 5.69 Å². The van der Waals surface area contributed by atoms with Crippen LogP contribution in [0.4, 0.5) is 5.69 Å². The van der Waals surface area contributed by atoms with E-state index in [2.05, 4.69) is 0 Å². The van der Waals surface area contributed by atoms with Crippen molar-refractivity contribution in [2.45, 2.75) is 0 Å². The fourth-order valence-electron chi connectivity index (χ4n) is 1.49. The van der Waals surface area contributed by atoms with Gasteiger partial charge in [-0.15, -0.1) is 17.0 Å². The Labute approximate surface area is 139 Å². The van der Waals surface area contributed by atoms with Crippen LogP contribution in [-0.2, 0) is 0 Å². The van der Waals surface area contributed by atoms with Crippen LogP contribution in [0.1, 0.15) is 18.8 Å². The minimum absolute atomic E-state index is 0. The zero-order valence-corrected chi connectivity index (χ0v) is 13.1. The second-order valence-corrected chi connectivity index (χ2v) is 3.50. The molecule has 0 amide bonds. The Morgan fingerprint density at radius 2 is 1.42 bits per heavy atom. The number of nitro benzene ring substituents is 1. The fourth-order valence-corrected chi connectivity index (χ4v) is 1.49. The van der Waals surface area contributed by atoms with Crippen molar-refractivity contribution in [3.05, 3.63) is 75.8 Å². The summed E-state index contributed by atoms with van der Waals surface area (Å²) >= 11 is 0. The van der Waals surface area contributed by atoms with Crippen LogP contribution in [0.15, 0.2) is 54.6 Å². The van der Waals surface area contributed by atoms with E-state index in [4.69, 9.17) is 0 Å². The first-order valence-corrected chi connectivity index (χ1v) is 5.02. The minimum atomic E-state index is -0.489. The van der Waals surface area contributed by atoms with Crippen molar-refractivity contribution in [3.8, 4) is 0 Å². The predicted octanol–water partition coefficient (Wildman–Crippen LogP) is 3.25. The third-order valence-electron chi connectivity index (χ3n) is 2.38. The first-order chi connectivity index (χ1) is 8.18. The molecule has 0 aromatic heterocycles. The molecule has 96 valence electrons. The van der Waals surface area contributed by atoms with Crippen LogP contribution in [0.3, 0.4) is 0 Å². The van der Waals surface area contributed by atoms with E-state index < -0.39 is 4.92 Å². The van der Waals surface area contributed by atoms with Gasteiger partial charge >= 0.3 is 23.1 Å². The summed E-state index contributed by atoms with van der Waals surface area (Å²) in [5, 5.41) is 10.5. The average molecular weight is 334 g/mol. The molecule has 6 heteroatoms. The molecule has 0 aliphatic heterocycles. The molecule has 0 aliphatic rings. The van der Waals surface area contributed by atoms with Gasteiger partial charge in [-0.2, -0.15) is 0 Å². The smallest absolute Gasteiger partial charge is 1.00 e. The number of ketones is 1. The number of carbonyl (C=O) groups is 1. The van der Waals surface area contributed by atoms with Crippen LogP contribution in [-0.4, -0.2) is 33.8 Å². The van der Waals surface area contributed by atoms with Crippen LogP contribution < -0.4 is 0 Å². The van der Waals surface area contributed by atoms with Gasteiger partial charge < -0.3 is 2.85 Å². The normalized spacial score (nSPS) is 8.84. The van der Waals surface area contributed by atoms with Crippen molar-refractivity contribution in [3.63, 3.8) is 0 Å². The summed E-state index contributed by atoms with van der Waals surface area (Å²) in [6.07, 6.45) is 0. The molecule has 0 saturated heterocycles. The second-order valence-electron chi connectivity index (χ2n) is 3.50. The van der Waals surface area contributed by atoms with Gasteiger partial charge in [0.1, 0.15) is 0 Å². The molecule has 0 saturated carbocycles. The summed E-state index contributed by atoms with van der Waals surface area (Å²) in [5.41, 5.74) is 0.998. The summed E-state index contributed by atoms with van der Waals surface area (Å²) < 4.78 is 0. The number of nitrogens with zero attached hydrogens (tertiary/aromatic N) is 1. The predicted molar refractivity (Wildman–Crippen MR) is 81.3 cm³/mol. The number of hydrogen-bond acceptors (Lipinski definition) is 3. The van der Waals surface area contributed by atoms with Gasteiger partial charge in [0.2, 0.25) is 0 Å². The zero-order valence-electron chi connectivity index (χ0n) is 12.0. The van der Waals surface area contributed by atoms with E-state index in [1.54, 1.807) is 24.3 Å². The molecule has 0 aliphatic carbocycles. The number of carbonyl (C=O) groups excluding carboxylic acids is 1. The maximum atomic E-state index is 12.0. The molecule has 0 unspecified atom stereocenters. The minimum Gasteiger partial charge on any atom is -1.00 e. The largest absolute Gasteiger partial charge is 2.00 e. The molecule has 0 spiro atoms. The summed E-state index contributed by atoms with van der Waals surface area (Å²) in [6.45, 7) is 0. The Kier molecular flexibility index (Phi) is 7.51. The van der Waals surface area contributed by atoms with Gasteiger partial charge in [0, 0.05) is 23.3 Å². The van der Waals surface area contributed by atoms with E-state index in [0.29, 0.717) is 11.1 Å². The van der Waals surface area contributed by atoms with E-state index in [1.165, 1.54) is 24.3 Å². The van der Waals surface area contributed by atoms with E-state index in [0.717, 1.165) is 0 Å². The molecule has 2 aromatic rings. The maximum Gasteiger partial charge on any atom is 2.00 e. The molecule has 0 fully saturated rings. The second kappa shape index (κ2) is 8.03. The average Bonchev–Trinajstić information content (AvgIpc) is 2.39. The van der Waals surface area contributed by atoms with Crippen molar-refractivity contribution >= 4 is 51.5 Å². The van der Waals surface area contributed by atoms with Crippen LogP contribution in [0.5, 0.6) is 0 Å². The Hall–Kier alpha value is -1.24. The van der Waals surface area contributed by atoms with Gasteiger partial charge in [0.05, 0.1) is 4.92 Å². The maximum absolute atomic E-state index is 12.0. The van der Waals surface area contributed by atoms with Gasteiger partial charge in [-0.3, -0.25) is 14.9 Å². The quantitative estimate of drug-likeness (QED) is 0.375. The molecule has 2 aromatic carbocycles. The van der Waals surface area contributed by atoms with E-state index >= 15 is 0 Å². The molecular formula is C13H12BrMgNO3. The Bertz CT molecular complexity index is 567. The van der Waals surface area contributed by atoms with Crippen LogP contribution in [0.25, 0.3) is 0 Å². The van der Waals surface area contributed by atoms with E-state index in [-0.39, 0.29) is 54.4 Å². The Balaban J connectivity index is -0.000000810. The fraction of sp³-hybridized carbons (Fsp3) is 0. The van der Waals surface area contributed by atoms with E-state index in [9.17, 15) is 14.9 Å². The number of rotatable bonds is 3. The first kappa shape index (κ1) is 17.8. The number of hydrogen-bond donors (Lipinski definition) is 0.